The Morgan fingerprint density at radius 1 is 1.22 bits per heavy atom. The fourth-order valence-electron chi connectivity index (χ4n) is 4.54. The van der Waals surface area contributed by atoms with Crippen LogP contribution in [0.15, 0.2) is 41.5 Å². The van der Waals surface area contributed by atoms with Gasteiger partial charge in [-0.15, -0.1) is 11.3 Å². The number of rotatable bonds is 3. The number of thiophene rings is 1. The van der Waals surface area contributed by atoms with Crippen LogP contribution in [0.1, 0.15) is 52.5 Å². The fraction of sp³-hybridized carbons (Fsp3) is 0.320. The number of amides is 2. The molecule has 32 heavy (non-hydrogen) atoms. The molecule has 7 heteroatoms. The summed E-state index contributed by atoms with van der Waals surface area (Å²) in [6, 6.07) is 7.70. The molecule has 1 fully saturated rings. The van der Waals surface area contributed by atoms with E-state index in [-0.39, 0.29) is 24.3 Å². The number of carbonyl (C=O) groups is 3. The van der Waals surface area contributed by atoms with Crippen molar-refractivity contribution in [1.29, 1.82) is 0 Å². The Hall–Kier alpha value is -3.19. The number of imide groups is 1. The van der Waals surface area contributed by atoms with Crippen molar-refractivity contribution >= 4 is 40.2 Å². The maximum absolute atomic E-state index is 13.3. The van der Waals surface area contributed by atoms with Crippen molar-refractivity contribution in [2.45, 2.75) is 45.1 Å². The van der Waals surface area contributed by atoms with Gasteiger partial charge in [-0.3, -0.25) is 9.59 Å². The number of hydrogen-bond donors (Lipinski definition) is 0. The van der Waals surface area contributed by atoms with Crippen LogP contribution >= 0.6 is 11.3 Å². The Bertz CT molecular complexity index is 1200. The summed E-state index contributed by atoms with van der Waals surface area (Å²) in [6.45, 7) is 1.92. The molecular weight excluding hydrogens is 426 g/mol. The lowest BCUT2D eigenvalue weighted by molar-refractivity contribution is -0.120. The summed E-state index contributed by atoms with van der Waals surface area (Å²) in [4.78, 5) is 41.1. The highest BCUT2D eigenvalue weighted by molar-refractivity contribution is 7.17. The van der Waals surface area contributed by atoms with Gasteiger partial charge in [0, 0.05) is 16.0 Å². The van der Waals surface area contributed by atoms with Gasteiger partial charge in [0.2, 0.25) is 5.91 Å². The molecule has 1 aliphatic carbocycles. The van der Waals surface area contributed by atoms with Crippen molar-refractivity contribution in [2.24, 2.45) is 0 Å². The lowest BCUT2D eigenvalue weighted by Crippen LogP contribution is -2.30. The quantitative estimate of drug-likeness (QED) is 0.393. The molecule has 0 spiro atoms. The van der Waals surface area contributed by atoms with Gasteiger partial charge in [-0.1, -0.05) is 18.2 Å². The third-order valence-corrected chi connectivity index (χ3v) is 7.45. The molecule has 3 heterocycles. The second-order valence-corrected chi connectivity index (χ2v) is 9.29. The Morgan fingerprint density at radius 3 is 2.81 bits per heavy atom. The molecule has 0 radical (unpaired) electrons. The molecular formula is C25H23NO5S. The maximum atomic E-state index is 13.3. The van der Waals surface area contributed by atoms with Crippen molar-refractivity contribution in [3.05, 3.63) is 63.1 Å². The monoisotopic (exact) mass is 449 g/mol. The van der Waals surface area contributed by atoms with E-state index in [2.05, 4.69) is 0 Å². The topological polar surface area (TPSA) is 72.9 Å². The van der Waals surface area contributed by atoms with Gasteiger partial charge in [0.05, 0.1) is 19.1 Å². The van der Waals surface area contributed by atoms with Gasteiger partial charge in [0.25, 0.3) is 5.91 Å². The molecule has 1 atom stereocenters. The number of benzene rings is 1. The summed E-state index contributed by atoms with van der Waals surface area (Å²) >= 11 is 1.37. The molecule has 5 rings (SSSR count). The zero-order chi connectivity index (χ0) is 22.4. The molecule has 0 unspecified atom stereocenters. The van der Waals surface area contributed by atoms with Crippen LogP contribution < -0.4 is 9.64 Å². The van der Waals surface area contributed by atoms with E-state index in [0.29, 0.717) is 16.1 Å². The molecule has 2 aliphatic heterocycles. The van der Waals surface area contributed by atoms with E-state index in [9.17, 15) is 14.4 Å². The Balaban J connectivity index is 1.53. The first-order valence-electron chi connectivity index (χ1n) is 10.8. The first kappa shape index (κ1) is 20.7. The largest absolute Gasteiger partial charge is 0.485 e. The van der Waals surface area contributed by atoms with E-state index >= 15 is 0 Å². The molecule has 3 aliphatic rings. The minimum Gasteiger partial charge on any atom is -0.485 e. The molecule has 2 amide bonds. The molecule has 1 aromatic heterocycles. The smallest absolute Gasteiger partial charge is 0.341 e. The Kier molecular flexibility index (Phi) is 5.21. The normalized spacial score (nSPS) is 21.2. The summed E-state index contributed by atoms with van der Waals surface area (Å²) in [5.74, 6) is -0.406. The lowest BCUT2D eigenvalue weighted by Gasteiger charge is -2.23. The lowest BCUT2D eigenvalue weighted by atomic mass is 9.95. The Morgan fingerprint density at radius 2 is 2.00 bits per heavy atom. The number of nitrogens with zero attached hydrogens (tertiary/aromatic N) is 1. The van der Waals surface area contributed by atoms with Crippen LogP contribution in [0.4, 0.5) is 5.00 Å². The van der Waals surface area contributed by atoms with Crippen LogP contribution in [0.2, 0.25) is 0 Å². The van der Waals surface area contributed by atoms with Gasteiger partial charge >= 0.3 is 5.97 Å². The summed E-state index contributed by atoms with van der Waals surface area (Å²) in [6.07, 6.45) is 7.12. The third-order valence-electron chi connectivity index (χ3n) is 6.17. The van der Waals surface area contributed by atoms with Crippen LogP contribution in [-0.4, -0.2) is 31.0 Å². The minimum absolute atomic E-state index is 0.00623. The van der Waals surface area contributed by atoms with Crippen molar-refractivity contribution in [3.8, 4) is 5.75 Å². The number of anilines is 1. The molecule has 1 aromatic carbocycles. The molecule has 0 saturated carbocycles. The van der Waals surface area contributed by atoms with Crippen LogP contribution in [0.5, 0.6) is 5.75 Å². The summed E-state index contributed by atoms with van der Waals surface area (Å²) < 4.78 is 11.0. The standard InChI is InChI=1S/C25H23NO5S/c1-14-16(11-15-7-3-5-9-19(15)31-14)12-17-13-21(27)26(23(17)28)24-22(25(29)30-2)18-8-4-6-10-20(18)32-24/h3,5,7,9,11-12,14H,4,6,8,10,13H2,1-2H3/b17-12+/t14-/m1/s1. The van der Waals surface area contributed by atoms with Crippen LogP contribution in [0.3, 0.4) is 0 Å². The number of ether oxygens (including phenoxy) is 2. The molecule has 1 saturated heterocycles. The van der Waals surface area contributed by atoms with E-state index in [1.54, 1.807) is 6.08 Å². The first-order chi connectivity index (χ1) is 15.5. The SMILES string of the molecule is COC(=O)c1c(N2C(=O)C/C(=C\C3=Cc4ccccc4O[C@@H]3C)C2=O)sc2c1CCCC2. The molecule has 0 N–H and O–H groups in total. The van der Waals surface area contributed by atoms with Crippen LogP contribution in [-0.2, 0) is 27.2 Å². The van der Waals surface area contributed by atoms with Gasteiger partial charge in [-0.2, -0.15) is 0 Å². The zero-order valence-electron chi connectivity index (χ0n) is 18.0. The van der Waals surface area contributed by atoms with Crippen molar-refractivity contribution in [3.63, 3.8) is 0 Å². The molecule has 164 valence electrons. The number of carbonyl (C=O) groups excluding carboxylic acids is 3. The van der Waals surface area contributed by atoms with Gasteiger partial charge in [0.15, 0.2) is 0 Å². The average molecular weight is 450 g/mol. The molecule has 0 bridgehead atoms. The van der Waals surface area contributed by atoms with Gasteiger partial charge in [-0.05, 0) is 62.0 Å². The predicted molar refractivity (Wildman–Crippen MR) is 122 cm³/mol. The van der Waals surface area contributed by atoms with E-state index in [1.165, 1.54) is 23.3 Å². The second kappa shape index (κ2) is 8.06. The number of methoxy groups -OCH3 is 1. The van der Waals surface area contributed by atoms with E-state index < -0.39 is 5.97 Å². The minimum atomic E-state index is -0.494. The number of aryl methyl sites for hydroxylation is 1. The Labute approximate surface area is 190 Å². The first-order valence-corrected chi connectivity index (χ1v) is 11.6. The van der Waals surface area contributed by atoms with E-state index in [1.807, 2.05) is 37.3 Å². The molecule has 6 nitrogen and oxygen atoms in total. The maximum Gasteiger partial charge on any atom is 0.341 e. The van der Waals surface area contributed by atoms with Gasteiger partial charge in [-0.25, -0.2) is 9.69 Å². The predicted octanol–water partition coefficient (Wildman–Crippen LogP) is 4.47. The van der Waals surface area contributed by atoms with Crippen molar-refractivity contribution < 1.29 is 23.9 Å². The highest BCUT2D eigenvalue weighted by atomic mass is 32.1. The van der Waals surface area contributed by atoms with E-state index in [4.69, 9.17) is 9.47 Å². The average Bonchev–Trinajstić information content (AvgIpc) is 3.30. The fourth-order valence-corrected chi connectivity index (χ4v) is 5.93. The van der Waals surface area contributed by atoms with Crippen LogP contribution in [0, 0.1) is 0 Å². The van der Waals surface area contributed by atoms with Gasteiger partial charge in [0.1, 0.15) is 16.9 Å². The number of hydrogen-bond acceptors (Lipinski definition) is 6. The van der Waals surface area contributed by atoms with Gasteiger partial charge < -0.3 is 9.47 Å². The number of esters is 1. The van der Waals surface area contributed by atoms with Crippen LogP contribution in [0.25, 0.3) is 6.08 Å². The van der Waals surface area contributed by atoms with E-state index in [0.717, 1.165) is 53.0 Å². The van der Waals surface area contributed by atoms with Crippen molar-refractivity contribution in [2.75, 3.05) is 12.0 Å². The number of fused-ring (bicyclic) bond motifs is 2. The summed E-state index contributed by atoms with van der Waals surface area (Å²) in [5.41, 5.74) is 3.47. The van der Waals surface area contributed by atoms with Crippen molar-refractivity contribution in [1.82, 2.24) is 0 Å². The number of para-hydroxylation sites is 1. The summed E-state index contributed by atoms with van der Waals surface area (Å²) in [7, 11) is 1.33. The second-order valence-electron chi connectivity index (χ2n) is 8.21. The summed E-state index contributed by atoms with van der Waals surface area (Å²) in [5, 5.41) is 0.398. The highest BCUT2D eigenvalue weighted by Gasteiger charge is 2.40. The molecule has 2 aromatic rings. The third kappa shape index (κ3) is 3.37. The zero-order valence-corrected chi connectivity index (χ0v) is 18.8. The highest BCUT2D eigenvalue weighted by Crippen LogP contribution is 2.43.